The standard InChI is InChI=1S/C16H23N3O5/c1-5-7-24-19-11-9-17-14(16(20)23-6-2)10-8-12(21-3)18-15(22-4)13(10)11/h5,8,11,14,17,19H,1,6-7,9H2,2-4H3. The molecule has 0 saturated carbocycles. The van der Waals surface area contributed by atoms with E-state index in [4.69, 9.17) is 19.0 Å². The first-order valence-corrected chi connectivity index (χ1v) is 7.67. The summed E-state index contributed by atoms with van der Waals surface area (Å²) in [5.41, 5.74) is 4.35. The Balaban J connectivity index is 2.43. The molecule has 0 aromatic carbocycles. The van der Waals surface area contributed by atoms with E-state index in [1.54, 1.807) is 19.1 Å². The quantitative estimate of drug-likeness (QED) is 0.315. The molecule has 0 amide bonds. The number of nitrogens with zero attached hydrogens (tertiary/aromatic N) is 1. The van der Waals surface area contributed by atoms with E-state index in [1.165, 1.54) is 14.2 Å². The maximum atomic E-state index is 12.3. The Morgan fingerprint density at radius 3 is 2.92 bits per heavy atom. The van der Waals surface area contributed by atoms with Crippen LogP contribution in [0.15, 0.2) is 18.7 Å². The molecule has 2 unspecified atom stereocenters. The van der Waals surface area contributed by atoms with Crippen LogP contribution >= 0.6 is 0 Å². The third-order valence-electron chi connectivity index (χ3n) is 3.57. The van der Waals surface area contributed by atoms with E-state index in [0.717, 1.165) is 5.56 Å². The third-order valence-corrected chi connectivity index (χ3v) is 3.57. The number of aromatic nitrogens is 1. The van der Waals surface area contributed by atoms with Gasteiger partial charge in [0.15, 0.2) is 0 Å². The highest BCUT2D eigenvalue weighted by molar-refractivity contribution is 5.79. The fourth-order valence-corrected chi connectivity index (χ4v) is 2.57. The number of fused-ring (bicyclic) bond motifs is 1. The van der Waals surface area contributed by atoms with Crippen molar-refractivity contribution in [3.63, 3.8) is 0 Å². The second kappa shape index (κ2) is 8.62. The van der Waals surface area contributed by atoms with Gasteiger partial charge in [0.25, 0.3) is 0 Å². The molecule has 1 aromatic rings. The summed E-state index contributed by atoms with van der Waals surface area (Å²) in [7, 11) is 3.03. The van der Waals surface area contributed by atoms with Crippen LogP contribution in [0.2, 0.25) is 0 Å². The SMILES string of the molecule is C=CCONC1CNC(C(=O)OCC)c2cc(OC)nc(OC)c21. The van der Waals surface area contributed by atoms with E-state index >= 15 is 0 Å². The minimum atomic E-state index is -0.622. The van der Waals surface area contributed by atoms with E-state index in [0.29, 0.717) is 37.1 Å². The first-order valence-electron chi connectivity index (χ1n) is 7.67. The lowest BCUT2D eigenvalue weighted by Gasteiger charge is -2.32. The fourth-order valence-electron chi connectivity index (χ4n) is 2.57. The summed E-state index contributed by atoms with van der Waals surface area (Å²) in [6, 6.07) is 0.829. The summed E-state index contributed by atoms with van der Waals surface area (Å²) in [6.45, 7) is 6.46. The Kier molecular flexibility index (Phi) is 6.53. The zero-order valence-corrected chi connectivity index (χ0v) is 14.1. The molecule has 2 rings (SSSR count). The van der Waals surface area contributed by atoms with E-state index in [2.05, 4.69) is 22.4 Å². The smallest absolute Gasteiger partial charge is 0.327 e. The van der Waals surface area contributed by atoms with Crippen LogP contribution in [0.25, 0.3) is 0 Å². The number of nitrogens with one attached hydrogen (secondary N) is 2. The highest BCUT2D eigenvalue weighted by atomic mass is 16.6. The highest BCUT2D eigenvalue weighted by Crippen LogP contribution is 2.37. The summed E-state index contributed by atoms with van der Waals surface area (Å²) in [5, 5.41) is 3.16. The minimum absolute atomic E-state index is 0.251. The number of esters is 1. The molecule has 0 fully saturated rings. The Labute approximate surface area is 141 Å². The second-order valence-electron chi connectivity index (χ2n) is 5.04. The van der Waals surface area contributed by atoms with Crippen molar-refractivity contribution in [2.45, 2.75) is 19.0 Å². The van der Waals surface area contributed by atoms with Gasteiger partial charge in [-0.15, -0.1) is 6.58 Å². The predicted octanol–water partition coefficient (Wildman–Crippen LogP) is 1.05. The molecular weight excluding hydrogens is 314 g/mol. The number of hydroxylamine groups is 1. The number of rotatable bonds is 8. The van der Waals surface area contributed by atoms with Gasteiger partial charge in [-0.05, 0) is 12.5 Å². The van der Waals surface area contributed by atoms with Crippen LogP contribution < -0.4 is 20.3 Å². The van der Waals surface area contributed by atoms with Crippen LogP contribution in [0.3, 0.4) is 0 Å². The van der Waals surface area contributed by atoms with Gasteiger partial charge in [0.1, 0.15) is 6.04 Å². The van der Waals surface area contributed by atoms with Crippen molar-refractivity contribution in [3.8, 4) is 11.8 Å². The zero-order chi connectivity index (χ0) is 17.5. The first-order chi connectivity index (χ1) is 11.7. The molecule has 2 atom stereocenters. The van der Waals surface area contributed by atoms with Crippen LogP contribution in [0.4, 0.5) is 0 Å². The zero-order valence-electron chi connectivity index (χ0n) is 14.1. The number of methoxy groups -OCH3 is 2. The van der Waals surface area contributed by atoms with Crippen molar-refractivity contribution in [2.24, 2.45) is 0 Å². The molecule has 24 heavy (non-hydrogen) atoms. The number of hydrogen-bond acceptors (Lipinski definition) is 8. The summed E-state index contributed by atoms with van der Waals surface area (Å²) < 4.78 is 15.8. The number of carbonyl (C=O) groups excluding carboxylic acids is 1. The Bertz CT molecular complexity index is 593. The minimum Gasteiger partial charge on any atom is -0.481 e. The van der Waals surface area contributed by atoms with Crippen molar-refractivity contribution < 1.29 is 23.8 Å². The third kappa shape index (κ3) is 3.84. The second-order valence-corrected chi connectivity index (χ2v) is 5.04. The molecule has 8 heteroatoms. The normalized spacial score (nSPS) is 19.3. The maximum absolute atomic E-state index is 12.3. The summed E-state index contributed by atoms with van der Waals surface area (Å²) in [6.07, 6.45) is 1.63. The van der Waals surface area contributed by atoms with Crippen molar-refractivity contribution in [1.82, 2.24) is 15.8 Å². The Morgan fingerprint density at radius 2 is 2.29 bits per heavy atom. The predicted molar refractivity (Wildman–Crippen MR) is 86.7 cm³/mol. The molecular formula is C16H23N3O5. The van der Waals surface area contributed by atoms with Gasteiger partial charge in [0.2, 0.25) is 11.8 Å². The molecule has 1 aliphatic heterocycles. The van der Waals surface area contributed by atoms with Crippen LogP contribution in [0.1, 0.15) is 30.1 Å². The van der Waals surface area contributed by atoms with E-state index in [9.17, 15) is 4.79 Å². The molecule has 1 aromatic heterocycles. The van der Waals surface area contributed by atoms with Gasteiger partial charge in [-0.3, -0.25) is 10.2 Å². The van der Waals surface area contributed by atoms with Crippen LogP contribution in [0, 0.1) is 0 Å². The maximum Gasteiger partial charge on any atom is 0.327 e. The van der Waals surface area contributed by atoms with Gasteiger partial charge < -0.3 is 14.2 Å². The summed E-state index contributed by atoms with van der Waals surface area (Å²) in [5.74, 6) is 0.369. The first kappa shape index (κ1) is 18.2. The van der Waals surface area contributed by atoms with Gasteiger partial charge in [0, 0.05) is 18.2 Å². The highest BCUT2D eigenvalue weighted by Gasteiger charge is 2.36. The van der Waals surface area contributed by atoms with Gasteiger partial charge in [-0.25, -0.2) is 4.79 Å². The van der Waals surface area contributed by atoms with Crippen LogP contribution in [0.5, 0.6) is 11.8 Å². The largest absolute Gasteiger partial charge is 0.481 e. The number of hydrogen-bond donors (Lipinski definition) is 2. The molecule has 0 bridgehead atoms. The van der Waals surface area contributed by atoms with Gasteiger partial charge in [0.05, 0.1) is 33.5 Å². The number of ether oxygens (including phenoxy) is 3. The lowest BCUT2D eigenvalue weighted by Crippen LogP contribution is -2.43. The van der Waals surface area contributed by atoms with Crippen molar-refractivity contribution in [3.05, 3.63) is 29.8 Å². The molecule has 0 aliphatic carbocycles. The van der Waals surface area contributed by atoms with Crippen molar-refractivity contribution in [1.29, 1.82) is 0 Å². The molecule has 2 N–H and O–H groups in total. The molecule has 0 spiro atoms. The molecule has 1 aliphatic rings. The van der Waals surface area contributed by atoms with Gasteiger partial charge >= 0.3 is 5.97 Å². The molecule has 8 nitrogen and oxygen atoms in total. The van der Waals surface area contributed by atoms with E-state index < -0.39 is 6.04 Å². The van der Waals surface area contributed by atoms with E-state index in [-0.39, 0.29) is 12.0 Å². The number of pyridine rings is 1. The average Bonchev–Trinajstić information content (AvgIpc) is 2.60. The van der Waals surface area contributed by atoms with Gasteiger partial charge in [-0.1, -0.05) is 6.08 Å². The number of carbonyl (C=O) groups is 1. The van der Waals surface area contributed by atoms with Crippen molar-refractivity contribution in [2.75, 3.05) is 34.0 Å². The summed E-state index contributed by atoms with van der Waals surface area (Å²) in [4.78, 5) is 21.9. The fraction of sp³-hybridized carbons (Fsp3) is 0.500. The van der Waals surface area contributed by atoms with Crippen LogP contribution in [-0.4, -0.2) is 44.9 Å². The lowest BCUT2D eigenvalue weighted by molar-refractivity contribution is -0.146. The van der Waals surface area contributed by atoms with E-state index in [1.807, 2.05) is 0 Å². The Morgan fingerprint density at radius 1 is 1.50 bits per heavy atom. The lowest BCUT2D eigenvalue weighted by atomic mass is 9.92. The average molecular weight is 337 g/mol. The van der Waals surface area contributed by atoms with Crippen molar-refractivity contribution >= 4 is 5.97 Å². The summed E-state index contributed by atoms with van der Waals surface area (Å²) >= 11 is 0. The van der Waals surface area contributed by atoms with Gasteiger partial charge in [-0.2, -0.15) is 10.5 Å². The topological polar surface area (TPSA) is 90.9 Å². The molecule has 132 valence electrons. The molecule has 2 heterocycles. The Hall–Kier alpha value is -2.16. The molecule has 0 saturated heterocycles. The van der Waals surface area contributed by atoms with Crippen LogP contribution in [-0.2, 0) is 14.4 Å². The monoisotopic (exact) mass is 337 g/mol. The molecule has 0 radical (unpaired) electrons.